The number of nitrogens with two attached hydrogens (primary N) is 1. The summed E-state index contributed by atoms with van der Waals surface area (Å²) in [7, 11) is 1.60. The van der Waals surface area contributed by atoms with Crippen LogP contribution in [-0.2, 0) is 17.6 Å². The zero-order valence-corrected chi connectivity index (χ0v) is 18.5. The van der Waals surface area contributed by atoms with E-state index in [0.29, 0.717) is 65.4 Å². The van der Waals surface area contributed by atoms with Crippen LogP contribution in [0.3, 0.4) is 0 Å². The molecule has 6 nitrogen and oxygen atoms in total. The van der Waals surface area contributed by atoms with Crippen molar-refractivity contribution in [2.45, 2.75) is 26.2 Å². The van der Waals surface area contributed by atoms with Gasteiger partial charge in [0.1, 0.15) is 17.1 Å². The summed E-state index contributed by atoms with van der Waals surface area (Å²) in [6.45, 7) is 2.85. The van der Waals surface area contributed by atoms with Crippen molar-refractivity contribution in [3.63, 3.8) is 0 Å². The van der Waals surface area contributed by atoms with Gasteiger partial charge in [-0.1, -0.05) is 30.7 Å². The Bertz CT molecular complexity index is 1130. The van der Waals surface area contributed by atoms with Crippen LogP contribution < -0.4 is 21.2 Å². The van der Waals surface area contributed by atoms with Crippen molar-refractivity contribution in [1.82, 2.24) is 5.32 Å². The lowest BCUT2D eigenvalue weighted by Gasteiger charge is -2.15. The van der Waals surface area contributed by atoms with Gasteiger partial charge in [-0.2, -0.15) is 0 Å². The van der Waals surface area contributed by atoms with Crippen LogP contribution in [0.15, 0.2) is 51.7 Å². The molecule has 1 unspecified atom stereocenters. The second-order valence-corrected chi connectivity index (χ2v) is 7.98. The minimum atomic E-state index is -0.374. The number of rotatable bonds is 9. The van der Waals surface area contributed by atoms with E-state index in [9.17, 15) is 9.59 Å². The molecule has 0 radical (unpaired) electrons. The minimum absolute atomic E-state index is 0.102. The molecule has 1 atom stereocenters. The van der Waals surface area contributed by atoms with E-state index in [1.165, 1.54) is 0 Å². The van der Waals surface area contributed by atoms with Crippen molar-refractivity contribution in [2.75, 3.05) is 20.2 Å². The van der Waals surface area contributed by atoms with Crippen LogP contribution in [-0.4, -0.2) is 26.1 Å². The first-order valence-corrected chi connectivity index (χ1v) is 10.7. The quantitative estimate of drug-likeness (QED) is 0.493. The molecule has 0 aliphatic heterocycles. The van der Waals surface area contributed by atoms with E-state index >= 15 is 0 Å². The van der Waals surface area contributed by atoms with Crippen molar-refractivity contribution >= 4 is 28.5 Å². The van der Waals surface area contributed by atoms with Crippen molar-refractivity contribution < 1.29 is 13.9 Å². The van der Waals surface area contributed by atoms with Gasteiger partial charge in [-0.25, -0.2) is 0 Å². The highest BCUT2D eigenvalue weighted by Gasteiger charge is 2.21. The molecule has 31 heavy (non-hydrogen) atoms. The molecule has 1 amide bonds. The molecule has 0 spiro atoms. The van der Waals surface area contributed by atoms with E-state index in [1.54, 1.807) is 25.3 Å². The smallest absolute Gasteiger partial charge is 0.223 e. The Morgan fingerprint density at radius 3 is 2.81 bits per heavy atom. The first-order valence-electron chi connectivity index (χ1n) is 10.3. The Balaban J connectivity index is 1.99. The van der Waals surface area contributed by atoms with Crippen molar-refractivity contribution in [2.24, 2.45) is 11.7 Å². The maximum absolute atomic E-state index is 13.3. The number of hydrogen-bond donors (Lipinski definition) is 2. The molecule has 0 fully saturated rings. The monoisotopic (exact) mass is 442 g/mol. The van der Waals surface area contributed by atoms with Gasteiger partial charge in [0.2, 0.25) is 5.91 Å². The number of methoxy groups -OCH3 is 1. The van der Waals surface area contributed by atoms with E-state index in [2.05, 4.69) is 5.32 Å². The Morgan fingerprint density at radius 2 is 2.06 bits per heavy atom. The van der Waals surface area contributed by atoms with Gasteiger partial charge in [0.05, 0.1) is 12.5 Å². The lowest BCUT2D eigenvalue weighted by atomic mass is 9.96. The molecule has 3 rings (SSSR count). The van der Waals surface area contributed by atoms with Gasteiger partial charge in [-0.3, -0.25) is 9.59 Å². The van der Waals surface area contributed by atoms with Crippen LogP contribution in [0.5, 0.6) is 5.75 Å². The molecule has 0 saturated heterocycles. The first kappa shape index (κ1) is 22.8. The Hall–Kier alpha value is -2.83. The van der Waals surface area contributed by atoms with Gasteiger partial charge in [0, 0.05) is 42.0 Å². The van der Waals surface area contributed by atoms with Crippen LogP contribution in [0.1, 0.15) is 30.2 Å². The van der Waals surface area contributed by atoms with Crippen LogP contribution in [0.25, 0.3) is 11.0 Å². The molecular weight excluding hydrogens is 416 g/mol. The number of carbonyl (C=O) groups is 1. The molecular formula is C24H27ClN2O4. The summed E-state index contributed by atoms with van der Waals surface area (Å²) < 4.78 is 11.4. The van der Waals surface area contributed by atoms with Crippen LogP contribution in [0.2, 0.25) is 5.02 Å². The Kier molecular flexibility index (Phi) is 7.71. The highest BCUT2D eigenvalue weighted by Crippen LogP contribution is 2.24. The highest BCUT2D eigenvalue weighted by atomic mass is 35.5. The highest BCUT2D eigenvalue weighted by molar-refractivity contribution is 6.31. The standard InChI is InChI=1S/C24H27ClN2O4/c1-15(24(29)27-10-4-9-26)11-21-20(13-16-5-3-6-18(12-16)30-2)23(28)19-8-7-17(25)14-22(19)31-21/h3,5-8,12,14-15H,4,9-11,13,26H2,1-2H3,(H,27,29). The van der Waals surface area contributed by atoms with Crippen LogP contribution in [0, 0.1) is 5.92 Å². The Labute approximate surface area is 186 Å². The van der Waals surface area contributed by atoms with E-state index in [-0.39, 0.29) is 17.3 Å². The summed E-state index contributed by atoms with van der Waals surface area (Å²) in [4.78, 5) is 25.8. The fourth-order valence-corrected chi connectivity index (χ4v) is 3.60. The van der Waals surface area contributed by atoms with Gasteiger partial charge < -0.3 is 20.2 Å². The van der Waals surface area contributed by atoms with Crippen LogP contribution >= 0.6 is 11.6 Å². The molecule has 0 aliphatic carbocycles. The number of benzene rings is 2. The number of ether oxygens (including phenoxy) is 1. The number of halogens is 1. The average Bonchev–Trinajstić information content (AvgIpc) is 2.76. The number of hydrogen-bond acceptors (Lipinski definition) is 5. The first-order chi connectivity index (χ1) is 14.9. The second-order valence-electron chi connectivity index (χ2n) is 7.54. The third kappa shape index (κ3) is 5.66. The van der Waals surface area contributed by atoms with E-state index in [0.717, 1.165) is 5.56 Å². The van der Waals surface area contributed by atoms with Crippen molar-refractivity contribution in [3.05, 3.63) is 74.6 Å². The van der Waals surface area contributed by atoms with E-state index < -0.39 is 0 Å². The van der Waals surface area contributed by atoms with E-state index in [4.69, 9.17) is 26.5 Å². The molecule has 2 aromatic carbocycles. The van der Waals surface area contributed by atoms with Gasteiger partial charge in [-0.05, 0) is 42.8 Å². The van der Waals surface area contributed by atoms with Gasteiger partial charge in [-0.15, -0.1) is 0 Å². The molecule has 3 N–H and O–H groups in total. The predicted molar refractivity (Wildman–Crippen MR) is 123 cm³/mol. The molecule has 0 aliphatic rings. The minimum Gasteiger partial charge on any atom is -0.497 e. The van der Waals surface area contributed by atoms with E-state index in [1.807, 2.05) is 31.2 Å². The predicted octanol–water partition coefficient (Wildman–Crippen LogP) is 3.69. The molecule has 164 valence electrons. The lowest BCUT2D eigenvalue weighted by molar-refractivity contribution is -0.124. The summed E-state index contributed by atoms with van der Waals surface area (Å²) in [5.74, 6) is 0.726. The molecule has 1 aromatic heterocycles. The number of fused-ring (bicyclic) bond motifs is 1. The third-order valence-electron chi connectivity index (χ3n) is 5.17. The maximum Gasteiger partial charge on any atom is 0.223 e. The number of carbonyl (C=O) groups excluding carboxylic acids is 1. The third-order valence-corrected chi connectivity index (χ3v) is 5.40. The van der Waals surface area contributed by atoms with Gasteiger partial charge >= 0.3 is 0 Å². The molecule has 0 saturated carbocycles. The maximum atomic E-state index is 13.3. The largest absolute Gasteiger partial charge is 0.497 e. The average molecular weight is 443 g/mol. The zero-order chi connectivity index (χ0) is 22.4. The van der Waals surface area contributed by atoms with Crippen LogP contribution in [0.4, 0.5) is 0 Å². The topological polar surface area (TPSA) is 94.6 Å². The number of amides is 1. The normalized spacial score (nSPS) is 12.0. The summed E-state index contributed by atoms with van der Waals surface area (Å²) in [5.41, 5.74) is 7.23. The fraction of sp³-hybridized carbons (Fsp3) is 0.333. The van der Waals surface area contributed by atoms with Gasteiger partial charge in [0.15, 0.2) is 5.43 Å². The molecule has 1 heterocycles. The number of nitrogens with one attached hydrogen (secondary N) is 1. The van der Waals surface area contributed by atoms with Crippen molar-refractivity contribution in [1.29, 1.82) is 0 Å². The second kappa shape index (κ2) is 10.5. The summed E-state index contributed by atoms with van der Waals surface area (Å²) in [6, 6.07) is 12.5. The summed E-state index contributed by atoms with van der Waals surface area (Å²) in [5, 5.41) is 3.82. The Morgan fingerprint density at radius 1 is 1.26 bits per heavy atom. The SMILES string of the molecule is COc1cccc(Cc2c(CC(C)C(=O)NCCCN)oc3cc(Cl)ccc3c2=O)c1. The molecule has 3 aromatic rings. The van der Waals surface area contributed by atoms with Crippen molar-refractivity contribution in [3.8, 4) is 5.75 Å². The molecule has 7 heteroatoms. The summed E-state index contributed by atoms with van der Waals surface area (Å²) >= 11 is 6.10. The fourth-order valence-electron chi connectivity index (χ4n) is 3.44. The molecule has 0 bridgehead atoms. The lowest BCUT2D eigenvalue weighted by Crippen LogP contribution is -2.32. The zero-order valence-electron chi connectivity index (χ0n) is 17.7. The summed E-state index contributed by atoms with van der Waals surface area (Å²) in [6.07, 6.45) is 1.38. The van der Waals surface area contributed by atoms with Gasteiger partial charge in [0.25, 0.3) is 0 Å².